The summed E-state index contributed by atoms with van der Waals surface area (Å²) in [6.07, 6.45) is 2.55. The number of carboxylic acids is 1. The first-order chi connectivity index (χ1) is 10.0. The Bertz CT molecular complexity index is 451. The topological polar surface area (TPSA) is 82.5 Å². The van der Waals surface area contributed by atoms with E-state index in [0.717, 1.165) is 12.1 Å². The highest BCUT2D eigenvalue weighted by atomic mass is 16.4. The van der Waals surface area contributed by atoms with Crippen molar-refractivity contribution in [2.75, 3.05) is 13.1 Å². The molecule has 1 heterocycles. The van der Waals surface area contributed by atoms with E-state index in [1.807, 2.05) is 32.0 Å². The van der Waals surface area contributed by atoms with E-state index in [2.05, 4.69) is 10.3 Å². The van der Waals surface area contributed by atoms with Gasteiger partial charge in [0, 0.05) is 25.3 Å². The number of aromatic nitrogens is 1. The number of carbonyl (C=O) groups excluding carboxylic acids is 1. The minimum Gasteiger partial charge on any atom is -0.481 e. The summed E-state index contributed by atoms with van der Waals surface area (Å²) < 4.78 is 0. The number of carboxylic acid groups (broad SMARTS) is 1. The van der Waals surface area contributed by atoms with E-state index in [9.17, 15) is 9.59 Å². The molecular formula is C15H23N3O3. The van der Waals surface area contributed by atoms with Gasteiger partial charge in [-0.15, -0.1) is 0 Å². The maximum Gasteiger partial charge on any atom is 0.304 e. The number of carbonyl (C=O) groups is 2. The molecule has 6 nitrogen and oxygen atoms in total. The molecule has 1 unspecified atom stereocenters. The molecule has 6 heteroatoms. The summed E-state index contributed by atoms with van der Waals surface area (Å²) >= 11 is 0. The lowest BCUT2D eigenvalue weighted by Gasteiger charge is -2.21. The first-order valence-electron chi connectivity index (χ1n) is 7.14. The summed E-state index contributed by atoms with van der Waals surface area (Å²) in [6, 6.07) is 5.67. The Morgan fingerprint density at radius 1 is 1.43 bits per heavy atom. The highest BCUT2D eigenvalue weighted by Crippen LogP contribution is 2.02. The molecule has 116 valence electrons. The van der Waals surface area contributed by atoms with E-state index >= 15 is 0 Å². The molecule has 0 aliphatic heterocycles. The van der Waals surface area contributed by atoms with Gasteiger partial charge in [-0.1, -0.05) is 13.0 Å². The Labute approximate surface area is 125 Å². The Morgan fingerprint density at radius 2 is 2.19 bits per heavy atom. The van der Waals surface area contributed by atoms with Crippen molar-refractivity contribution in [3.63, 3.8) is 0 Å². The Hall–Kier alpha value is -1.95. The Kier molecular flexibility index (Phi) is 7.39. The highest BCUT2D eigenvalue weighted by Gasteiger charge is 2.14. The molecule has 0 bridgehead atoms. The van der Waals surface area contributed by atoms with E-state index in [1.165, 1.54) is 0 Å². The van der Waals surface area contributed by atoms with Gasteiger partial charge in [0.25, 0.3) is 0 Å². The normalized spacial score (nSPS) is 12.1. The van der Waals surface area contributed by atoms with Crippen LogP contribution in [0.4, 0.5) is 0 Å². The molecule has 0 aliphatic rings. The summed E-state index contributed by atoms with van der Waals surface area (Å²) in [5.41, 5.74) is 0.819. The van der Waals surface area contributed by atoms with Crippen molar-refractivity contribution in [3.05, 3.63) is 30.1 Å². The van der Waals surface area contributed by atoms with Crippen LogP contribution in [0.15, 0.2) is 24.4 Å². The van der Waals surface area contributed by atoms with Crippen molar-refractivity contribution in [2.24, 2.45) is 0 Å². The van der Waals surface area contributed by atoms with Crippen LogP contribution in [-0.4, -0.2) is 46.0 Å². The van der Waals surface area contributed by atoms with Gasteiger partial charge in [-0.3, -0.25) is 19.5 Å². The van der Waals surface area contributed by atoms with Crippen LogP contribution in [0.25, 0.3) is 0 Å². The molecule has 2 N–H and O–H groups in total. The van der Waals surface area contributed by atoms with Gasteiger partial charge in [0.1, 0.15) is 0 Å². The Balaban J connectivity index is 2.59. The Morgan fingerprint density at radius 3 is 2.76 bits per heavy atom. The third-order valence-electron chi connectivity index (χ3n) is 3.14. The molecule has 1 rings (SSSR count). The van der Waals surface area contributed by atoms with Gasteiger partial charge in [-0.25, -0.2) is 0 Å². The summed E-state index contributed by atoms with van der Waals surface area (Å²) in [4.78, 5) is 28.7. The molecule has 0 radical (unpaired) electrons. The second-order valence-corrected chi connectivity index (χ2v) is 5.05. The second kappa shape index (κ2) is 9.07. The third kappa shape index (κ3) is 7.41. The van der Waals surface area contributed by atoms with Crippen LogP contribution in [0.3, 0.4) is 0 Å². The zero-order valence-electron chi connectivity index (χ0n) is 12.6. The average Bonchev–Trinajstić information content (AvgIpc) is 2.45. The van der Waals surface area contributed by atoms with Gasteiger partial charge >= 0.3 is 5.97 Å². The lowest BCUT2D eigenvalue weighted by atomic mass is 10.2. The standard InChI is InChI=1S/C15H23N3O3/c1-3-12(2)17-14(19)11-18(9-7-15(20)21)10-13-6-4-5-8-16-13/h4-6,8,12H,3,7,9-11H2,1-2H3,(H,17,19)(H,20,21). The average molecular weight is 293 g/mol. The maximum atomic E-state index is 11.9. The monoisotopic (exact) mass is 293 g/mol. The molecule has 1 amide bonds. The van der Waals surface area contributed by atoms with Crippen molar-refractivity contribution >= 4 is 11.9 Å². The minimum atomic E-state index is -0.872. The van der Waals surface area contributed by atoms with E-state index in [4.69, 9.17) is 5.11 Å². The lowest BCUT2D eigenvalue weighted by molar-refractivity contribution is -0.137. The highest BCUT2D eigenvalue weighted by molar-refractivity contribution is 5.78. The third-order valence-corrected chi connectivity index (χ3v) is 3.14. The predicted octanol–water partition coefficient (Wildman–Crippen LogP) is 1.27. The number of amides is 1. The molecule has 1 atom stereocenters. The maximum absolute atomic E-state index is 11.9. The van der Waals surface area contributed by atoms with Gasteiger partial charge in [0.15, 0.2) is 0 Å². The number of nitrogens with one attached hydrogen (secondary N) is 1. The predicted molar refractivity (Wildman–Crippen MR) is 79.7 cm³/mol. The number of aliphatic carboxylic acids is 1. The van der Waals surface area contributed by atoms with Crippen LogP contribution < -0.4 is 5.32 Å². The quantitative estimate of drug-likeness (QED) is 0.716. The van der Waals surface area contributed by atoms with Gasteiger partial charge in [-0.05, 0) is 25.5 Å². The van der Waals surface area contributed by atoms with Crippen molar-refractivity contribution in [2.45, 2.75) is 39.3 Å². The zero-order chi connectivity index (χ0) is 15.7. The molecule has 0 saturated heterocycles. The number of hydrogen-bond acceptors (Lipinski definition) is 4. The molecule has 0 aromatic carbocycles. The van der Waals surface area contributed by atoms with Crippen molar-refractivity contribution in [3.8, 4) is 0 Å². The van der Waals surface area contributed by atoms with E-state index in [-0.39, 0.29) is 24.9 Å². The number of rotatable bonds is 9. The number of pyridine rings is 1. The summed E-state index contributed by atoms with van der Waals surface area (Å²) in [6.45, 7) is 4.90. The van der Waals surface area contributed by atoms with E-state index in [0.29, 0.717) is 13.1 Å². The van der Waals surface area contributed by atoms with Crippen LogP contribution in [0.5, 0.6) is 0 Å². The SMILES string of the molecule is CCC(C)NC(=O)CN(CCC(=O)O)Cc1ccccn1. The van der Waals surface area contributed by atoms with Crippen LogP contribution in [0.1, 0.15) is 32.4 Å². The largest absolute Gasteiger partial charge is 0.481 e. The molecule has 1 aromatic rings. The minimum absolute atomic E-state index is 0.00342. The van der Waals surface area contributed by atoms with Crippen LogP contribution in [0, 0.1) is 0 Å². The fourth-order valence-corrected chi connectivity index (χ4v) is 1.81. The molecule has 0 fully saturated rings. The molecule has 1 aromatic heterocycles. The van der Waals surface area contributed by atoms with Gasteiger partial charge < -0.3 is 10.4 Å². The van der Waals surface area contributed by atoms with E-state index in [1.54, 1.807) is 11.1 Å². The fraction of sp³-hybridized carbons (Fsp3) is 0.533. The van der Waals surface area contributed by atoms with Crippen molar-refractivity contribution in [1.82, 2.24) is 15.2 Å². The summed E-state index contributed by atoms with van der Waals surface area (Å²) in [5.74, 6) is -0.964. The molecule has 0 aliphatic carbocycles. The van der Waals surface area contributed by atoms with Crippen LogP contribution in [0.2, 0.25) is 0 Å². The molecule has 21 heavy (non-hydrogen) atoms. The zero-order valence-corrected chi connectivity index (χ0v) is 12.6. The molecule has 0 saturated carbocycles. The van der Waals surface area contributed by atoms with E-state index < -0.39 is 5.97 Å². The lowest BCUT2D eigenvalue weighted by Crippen LogP contribution is -2.41. The molecular weight excluding hydrogens is 270 g/mol. The first kappa shape index (κ1) is 17.1. The first-order valence-corrected chi connectivity index (χ1v) is 7.14. The number of nitrogens with zero attached hydrogens (tertiary/aromatic N) is 2. The fourth-order valence-electron chi connectivity index (χ4n) is 1.81. The van der Waals surface area contributed by atoms with Crippen LogP contribution >= 0.6 is 0 Å². The van der Waals surface area contributed by atoms with Crippen molar-refractivity contribution in [1.29, 1.82) is 0 Å². The van der Waals surface area contributed by atoms with Gasteiger partial charge in [-0.2, -0.15) is 0 Å². The number of hydrogen-bond donors (Lipinski definition) is 2. The van der Waals surface area contributed by atoms with Gasteiger partial charge in [0.2, 0.25) is 5.91 Å². The van der Waals surface area contributed by atoms with Crippen molar-refractivity contribution < 1.29 is 14.7 Å². The molecule has 0 spiro atoms. The van der Waals surface area contributed by atoms with Crippen LogP contribution in [-0.2, 0) is 16.1 Å². The second-order valence-electron chi connectivity index (χ2n) is 5.05. The summed E-state index contributed by atoms with van der Waals surface area (Å²) in [5, 5.41) is 11.7. The van der Waals surface area contributed by atoms with Gasteiger partial charge in [0.05, 0.1) is 18.7 Å². The smallest absolute Gasteiger partial charge is 0.304 e. The summed E-state index contributed by atoms with van der Waals surface area (Å²) in [7, 11) is 0.